The standard InChI is InChI=1S/C18H21FN2O/c1-2-14-7-9-16(10-8-14)21-13-18(22)20-12-11-15-5-3-4-6-17(15)19/h3-10,21H,2,11-13H2,1H3,(H,20,22). The van der Waals surface area contributed by atoms with E-state index in [1.54, 1.807) is 18.2 Å². The zero-order chi connectivity index (χ0) is 15.8. The average Bonchev–Trinajstić information content (AvgIpc) is 2.55. The first-order valence-corrected chi connectivity index (χ1v) is 7.52. The highest BCUT2D eigenvalue weighted by Gasteiger charge is 2.03. The first kappa shape index (κ1) is 16.0. The Balaban J connectivity index is 1.70. The van der Waals surface area contributed by atoms with Crippen LogP contribution in [0.15, 0.2) is 48.5 Å². The van der Waals surface area contributed by atoms with Crippen LogP contribution in [0, 0.1) is 5.82 Å². The van der Waals surface area contributed by atoms with Crippen molar-refractivity contribution in [3.05, 3.63) is 65.5 Å². The van der Waals surface area contributed by atoms with Gasteiger partial charge in [-0.05, 0) is 42.2 Å². The number of aryl methyl sites for hydroxylation is 1. The third-order valence-corrected chi connectivity index (χ3v) is 3.49. The molecule has 0 aliphatic heterocycles. The molecule has 0 aliphatic carbocycles. The van der Waals surface area contributed by atoms with Crippen LogP contribution in [0.4, 0.5) is 10.1 Å². The topological polar surface area (TPSA) is 41.1 Å². The fourth-order valence-corrected chi connectivity index (χ4v) is 2.14. The maximum Gasteiger partial charge on any atom is 0.239 e. The number of rotatable bonds is 7. The average molecular weight is 300 g/mol. The van der Waals surface area contributed by atoms with Crippen molar-refractivity contribution in [2.24, 2.45) is 0 Å². The minimum Gasteiger partial charge on any atom is -0.376 e. The Morgan fingerprint density at radius 3 is 2.50 bits per heavy atom. The summed E-state index contributed by atoms with van der Waals surface area (Å²) in [6.07, 6.45) is 1.49. The summed E-state index contributed by atoms with van der Waals surface area (Å²) < 4.78 is 13.4. The minimum atomic E-state index is -0.231. The van der Waals surface area contributed by atoms with Crippen LogP contribution in [0.2, 0.25) is 0 Å². The van der Waals surface area contributed by atoms with E-state index in [4.69, 9.17) is 0 Å². The van der Waals surface area contributed by atoms with Crippen molar-refractivity contribution in [1.29, 1.82) is 0 Å². The molecule has 1 amide bonds. The largest absolute Gasteiger partial charge is 0.376 e. The number of benzene rings is 2. The van der Waals surface area contributed by atoms with Gasteiger partial charge >= 0.3 is 0 Å². The number of amides is 1. The summed E-state index contributed by atoms with van der Waals surface area (Å²) in [6, 6.07) is 14.6. The molecule has 2 rings (SSSR count). The van der Waals surface area contributed by atoms with E-state index in [2.05, 4.69) is 17.6 Å². The molecule has 0 atom stereocenters. The SMILES string of the molecule is CCc1ccc(NCC(=O)NCCc2ccccc2F)cc1. The first-order valence-electron chi connectivity index (χ1n) is 7.52. The predicted molar refractivity (Wildman–Crippen MR) is 87.4 cm³/mol. The lowest BCUT2D eigenvalue weighted by Gasteiger charge is -2.08. The Hall–Kier alpha value is -2.36. The highest BCUT2D eigenvalue weighted by atomic mass is 19.1. The lowest BCUT2D eigenvalue weighted by Crippen LogP contribution is -2.31. The van der Waals surface area contributed by atoms with Crippen molar-refractivity contribution < 1.29 is 9.18 Å². The maximum atomic E-state index is 13.4. The van der Waals surface area contributed by atoms with Crippen molar-refractivity contribution in [1.82, 2.24) is 5.32 Å². The molecule has 0 aliphatic rings. The van der Waals surface area contributed by atoms with Crippen LogP contribution in [0.25, 0.3) is 0 Å². The molecular weight excluding hydrogens is 279 g/mol. The van der Waals surface area contributed by atoms with E-state index in [9.17, 15) is 9.18 Å². The smallest absolute Gasteiger partial charge is 0.239 e. The summed E-state index contributed by atoms with van der Waals surface area (Å²) in [5, 5.41) is 5.85. The Bertz CT molecular complexity index is 611. The second kappa shape index (κ2) is 8.17. The molecule has 0 spiro atoms. The van der Waals surface area contributed by atoms with Gasteiger partial charge in [-0.1, -0.05) is 37.3 Å². The van der Waals surface area contributed by atoms with Gasteiger partial charge in [0.15, 0.2) is 0 Å². The van der Waals surface area contributed by atoms with Crippen LogP contribution in [0.1, 0.15) is 18.1 Å². The van der Waals surface area contributed by atoms with Crippen LogP contribution < -0.4 is 10.6 Å². The van der Waals surface area contributed by atoms with Crippen molar-refractivity contribution in [3.63, 3.8) is 0 Å². The van der Waals surface area contributed by atoms with Gasteiger partial charge in [-0.3, -0.25) is 4.79 Å². The normalized spacial score (nSPS) is 10.3. The fourth-order valence-electron chi connectivity index (χ4n) is 2.14. The molecule has 0 saturated carbocycles. The molecule has 2 aromatic carbocycles. The highest BCUT2D eigenvalue weighted by Crippen LogP contribution is 2.09. The Kier molecular flexibility index (Phi) is 5.95. The molecule has 0 saturated heterocycles. The summed E-state index contributed by atoms with van der Waals surface area (Å²) in [5.41, 5.74) is 2.80. The lowest BCUT2D eigenvalue weighted by molar-refractivity contribution is -0.119. The number of halogens is 1. The van der Waals surface area contributed by atoms with Crippen LogP contribution in [0.3, 0.4) is 0 Å². The van der Waals surface area contributed by atoms with Crippen molar-refractivity contribution >= 4 is 11.6 Å². The van der Waals surface area contributed by atoms with Crippen LogP contribution >= 0.6 is 0 Å². The van der Waals surface area contributed by atoms with E-state index in [-0.39, 0.29) is 18.3 Å². The molecule has 116 valence electrons. The summed E-state index contributed by atoms with van der Waals surface area (Å²) in [4.78, 5) is 11.7. The quantitative estimate of drug-likeness (QED) is 0.824. The molecule has 0 radical (unpaired) electrons. The molecule has 22 heavy (non-hydrogen) atoms. The maximum absolute atomic E-state index is 13.4. The zero-order valence-corrected chi connectivity index (χ0v) is 12.7. The molecule has 2 aromatic rings. The van der Waals surface area contributed by atoms with E-state index in [0.717, 1.165) is 12.1 Å². The minimum absolute atomic E-state index is 0.101. The van der Waals surface area contributed by atoms with Crippen molar-refractivity contribution in [3.8, 4) is 0 Å². The van der Waals surface area contributed by atoms with Gasteiger partial charge in [0.05, 0.1) is 6.54 Å². The summed E-state index contributed by atoms with van der Waals surface area (Å²) >= 11 is 0. The van der Waals surface area contributed by atoms with Gasteiger partial charge in [-0.15, -0.1) is 0 Å². The van der Waals surface area contributed by atoms with Crippen LogP contribution in [0.5, 0.6) is 0 Å². The predicted octanol–water partition coefficient (Wildman–Crippen LogP) is 3.16. The van der Waals surface area contributed by atoms with Crippen LogP contribution in [-0.2, 0) is 17.6 Å². The second-order valence-electron chi connectivity index (χ2n) is 5.10. The highest BCUT2D eigenvalue weighted by molar-refractivity contribution is 5.80. The molecule has 0 unspecified atom stereocenters. The van der Waals surface area contributed by atoms with Gasteiger partial charge in [0, 0.05) is 12.2 Å². The molecule has 0 heterocycles. The molecule has 2 N–H and O–H groups in total. The van der Waals surface area contributed by atoms with E-state index in [1.165, 1.54) is 11.6 Å². The van der Waals surface area contributed by atoms with Crippen molar-refractivity contribution in [2.75, 3.05) is 18.4 Å². The number of hydrogen-bond acceptors (Lipinski definition) is 2. The van der Waals surface area contributed by atoms with Crippen LogP contribution in [-0.4, -0.2) is 19.0 Å². The number of carbonyl (C=O) groups is 1. The third kappa shape index (κ3) is 4.88. The summed E-state index contributed by atoms with van der Waals surface area (Å²) in [7, 11) is 0. The molecule has 0 fully saturated rings. The second-order valence-corrected chi connectivity index (χ2v) is 5.10. The number of hydrogen-bond donors (Lipinski definition) is 2. The lowest BCUT2D eigenvalue weighted by atomic mass is 10.1. The molecule has 3 nitrogen and oxygen atoms in total. The van der Waals surface area contributed by atoms with E-state index >= 15 is 0 Å². The molecule has 0 bridgehead atoms. The number of carbonyl (C=O) groups excluding carboxylic acids is 1. The Morgan fingerprint density at radius 1 is 1.09 bits per heavy atom. The van der Waals surface area contributed by atoms with Gasteiger partial charge in [-0.25, -0.2) is 4.39 Å². The monoisotopic (exact) mass is 300 g/mol. The fraction of sp³-hybridized carbons (Fsp3) is 0.278. The Labute approximate surface area is 130 Å². The molecule has 0 aromatic heterocycles. The third-order valence-electron chi connectivity index (χ3n) is 3.49. The zero-order valence-electron chi connectivity index (χ0n) is 12.7. The van der Waals surface area contributed by atoms with Gasteiger partial charge < -0.3 is 10.6 Å². The molecule has 4 heteroatoms. The summed E-state index contributed by atoms with van der Waals surface area (Å²) in [6.45, 7) is 2.74. The van der Waals surface area contributed by atoms with E-state index in [1.807, 2.05) is 24.3 Å². The first-order chi connectivity index (χ1) is 10.7. The molecular formula is C18H21FN2O. The number of nitrogens with one attached hydrogen (secondary N) is 2. The summed E-state index contributed by atoms with van der Waals surface area (Å²) in [5.74, 6) is -0.332. The van der Waals surface area contributed by atoms with Gasteiger partial charge in [-0.2, -0.15) is 0 Å². The van der Waals surface area contributed by atoms with E-state index < -0.39 is 0 Å². The number of anilines is 1. The van der Waals surface area contributed by atoms with Crippen molar-refractivity contribution in [2.45, 2.75) is 19.8 Å². The van der Waals surface area contributed by atoms with Gasteiger partial charge in [0.1, 0.15) is 5.82 Å². The van der Waals surface area contributed by atoms with E-state index in [0.29, 0.717) is 18.5 Å². The van der Waals surface area contributed by atoms with Gasteiger partial charge in [0.2, 0.25) is 5.91 Å². The van der Waals surface area contributed by atoms with Gasteiger partial charge in [0.25, 0.3) is 0 Å². The Morgan fingerprint density at radius 2 is 1.82 bits per heavy atom.